The molecule has 6 heteroatoms. The third-order valence-corrected chi connectivity index (χ3v) is 4.17. The van der Waals surface area contributed by atoms with Crippen LogP contribution in [0.3, 0.4) is 0 Å². The van der Waals surface area contributed by atoms with Gasteiger partial charge in [0.25, 0.3) is 0 Å². The Hall–Kier alpha value is -1.95. The Morgan fingerprint density at radius 1 is 1.09 bits per heavy atom. The van der Waals surface area contributed by atoms with Gasteiger partial charge in [0.2, 0.25) is 0 Å². The predicted octanol–water partition coefficient (Wildman–Crippen LogP) is 2.65. The van der Waals surface area contributed by atoms with Gasteiger partial charge in [0.15, 0.2) is 0 Å². The molecule has 1 N–H and O–H groups in total. The van der Waals surface area contributed by atoms with Crippen LogP contribution in [0.1, 0.15) is 20.8 Å². The smallest absolute Gasteiger partial charge is 0.322 e. The molecular formula is C17H27N3O3. The molecule has 0 unspecified atom stereocenters. The zero-order valence-electron chi connectivity index (χ0n) is 14.7. The number of ether oxygens (including phenoxy) is 2. The Morgan fingerprint density at radius 3 is 2.26 bits per heavy atom. The van der Waals surface area contributed by atoms with E-state index < -0.39 is 0 Å². The number of carbonyl (C=O) groups excluding carboxylic acids is 1. The van der Waals surface area contributed by atoms with Crippen LogP contribution < -0.4 is 14.8 Å². The van der Waals surface area contributed by atoms with Crippen LogP contribution in [0.2, 0.25) is 0 Å². The van der Waals surface area contributed by atoms with Gasteiger partial charge in [-0.2, -0.15) is 0 Å². The van der Waals surface area contributed by atoms with Gasteiger partial charge in [-0.3, -0.25) is 4.90 Å². The van der Waals surface area contributed by atoms with Crippen molar-refractivity contribution in [1.82, 2.24) is 9.80 Å². The zero-order chi connectivity index (χ0) is 17.0. The fourth-order valence-corrected chi connectivity index (χ4v) is 2.68. The minimum Gasteiger partial charge on any atom is -0.497 e. The lowest BCUT2D eigenvalue weighted by molar-refractivity contribution is 0.0774. The van der Waals surface area contributed by atoms with Gasteiger partial charge in [0, 0.05) is 37.8 Å². The predicted molar refractivity (Wildman–Crippen MR) is 91.5 cm³/mol. The summed E-state index contributed by atoms with van der Waals surface area (Å²) in [7, 11) is 3.17. The first kappa shape index (κ1) is 17.4. The molecule has 1 aliphatic heterocycles. The van der Waals surface area contributed by atoms with Gasteiger partial charge < -0.3 is 19.7 Å². The molecule has 0 spiro atoms. The number of hydrogen-bond donors (Lipinski definition) is 1. The van der Waals surface area contributed by atoms with E-state index in [1.54, 1.807) is 32.4 Å². The number of urea groups is 1. The van der Waals surface area contributed by atoms with Crippen molar-refractivity contribution in [1.29, 1.82) is 0 Å². The summed E-state index contributed by atoms with van der Waals surface area (Å²) in [5.41, 5.74) is 0.790. The van der Waals surface area contributed by atoms with Gasteiger partial charge in [-0.25, -0.2) is 4.79 Å². The van der Waals surface area contributed by atoms with Crippen molar-refractivity contribution >= 4 is 11.7 Å². The summed E-state index contributed by atoms with van der Waals surface area (Å²) in [5.74, 6) is 1.28. The number of rotatable bonds is 3. The van der Waals surface area contributed by atoms with Crippen LogP contribution in [-0.2, 0) is 0 Å². The van der Waals surface area contributed by atoms with Crippen molar-refractivity contribution < 1.29 is 14.3 Å². The maximum Gasteiger partial charge on any atom is 0.322 e. The molecule has 2 amide bonds. The first-order valence-corrected chi connectivity index (χ1v) is 7.88. The summed E-state index contributed by atoms with van der Waals surface area (Å²) in [6, 6.07) is 5.26. The van der Waals surface area contributed by atoms with Gasteiger partial charge >= 0.3 is 6.03 Å². The fourth-order valence-electron chi connectivity index (χ4n) is 2.68. The van der Waals surface area contributed by atoms with Crippen molar-refractivity contribution in [3.63, 3.8) is 0 Å². The minimum absolute atomic E-state index is 0.0953. The average molecular weight is 321 g/mol. The lowest BCUT2D eigenvalue weighted by Gasteiger charge is -2.42. The highest BCUT2D eigenvalue weighted by Crippen LogP contribution is 2.29. The molecule has 6 nitrogen and oxygen atoms in total. The van der Waals surface area contributed by atoms with Crippen LogP contribution in [0.15, 0.2) is 18.2 Å². The zero-order valence-corrected chi connectivity index (χ0v) is 14.7. The molecular weight excluding hydrogens is 294 g/mol. The van der Waals surface area contributed by atoms with Crippen LogP contribution in [0.4, 0.5) is 10.5 Å². The molecule has 0 saturated carbocycles. The number of piperazine rings is 1. The standard InChI is InChI=1S/C17H27N3O3/c1-17(2,3)20-10-8-19(9-11-20)16(21)18-14-7-6-13(22-4)12-15(14)23-5/h6-7,12H,8-11H2,1-5H3,(H,18,21). The Bertz CT molecular complexity index is 547. The van der Waals surface area contributed by atoms with E-state index in [4.69, 9.17) is 9.47 Å². The van der Waals surface area contributed by atoms with Crippen molar-refractivity contribution in [2.45, 2.75) is 26.3 Å². The maximum absolute atomic E-state index is 12.5. The van der Waals surface area contributed by atoms with E-state index in [-0.39, 0.29) is 11.6 Å². The van der Waals surface area contributed by atoms with Crippen LogP contribution in [0, 0.1) is 0 Å². The Kier molecular flexibility index (Phi) is 5.36. The van der Waals surface area contributed by atoms with Crippen molar-refractivity contribution in [2.75, 3.05) is 45.7 Å². The minimum atomic E-state index is -0.0953. The van der Waals surface area contributed by atoms with E-state index in [2.05, 4.69) is 31.0 Å². The highest BCUT2D eigenvalue weighted by atomic mass is 16.5. The quantitative estimate of drug-likeness (QED) is 0.930. The molecule has 1 aliphatic rings. The van der Waals surface area contributed by atoms with E-state index in [0.717, 1.165) is 26.2 Å². The molecule has 0 atom stereocenters. The molecule has 23 heavy (non-hydrogen) atoms. The number of nitrogens with one attached hydrogen (secondary N) is 1. The van der Waals surface area contributed by atoms with Crippen LogP contribution in [-0.4, -0.2) is 61.8 Å². The number of hydrogen-bond acceptors (Lipinski definition) is 4. The SMILES string of the molecule is COc1ccc(NC(=O)N2CCN(C(C)(C)C)CC2)c(OC)c1. The molecule has 1 heterocycles. The summed E-state index contributed by atoms with van der Waals surface area (Å²) in [4.78, 5) is 16.7. The van der Waals surface area contributed by atoms with E-state index >= 15 is 0 Å². The highest BCUT2D eigenvalue weighted by molar-refractivity contribution is 5.91. The molecule has 0 aromatic heterocycles. The summed E-state index contributed by atoms with van der Waals surface area (Å²) in [5, 5.41) is 2.92. The molecule has 0 bridgehead atoms. The second kappa shape index (κ2) is 7.08. The molecule has 2 rings (SSSR count). The van der Waals surface area contributed by atoms with Crippen molar-refractivity contribution in [2.24, 2.45) is 0 Å². The van der Waals surface area contributed by atoms with Gasteiger partial charge in [-0.1, -0.05) is 0 Å². The van der Waals surface area contributed by atoms with Crippen LogP contribution in [0.25, 0.3) is 0 Å². The lowest BCUT2D eigenvalue weighted by Crippen LogP contribution is -2.55. The second-order valence-electron chi connectivity index (χ2n) is 6.64. The fraction of sp³-hybridized carbons (Fsp3) is 0.588. The number of methoxy groups -OCH3 is 2. The van der Waals surface area contributed by atoms with Crippen molar-refractivity contribution in [3.05, 3.63) is 18.2 Å². The van der Waals surface area contributed by atoms with Gasteiger partial charge in [0.1, 0.15) is 11.5 Å². The Balaban J connectivity index is 1.98. The first-order chi connectivity index (χ1) is 10.8. The summed E-state index contributed by atoms with van der Waals surface area (Å²) < 4.78 is 10.5. The van der Waals surface area contributed by atoms with Crippen LogP contribution in [0.5, 0.6) is 11.5 Å². The summed E-state index contributed by atoms with van der Waals surface area (Å²) in [6.07, 6.45) is 0. The number of carbonyl (C=O) groups is 1. The van der Waals surface area contributed by atoms with E-state index in [9.17, 15) is 4.79 Å². The normalized spacial score (nSPS) is 16.1. The third-order valence-electron chi connectivity index (χ3n) is 4.17. The average Bonchev–Trinajstić information content (AvgIpc) is 2.54. The number of amides is 2. The third kappa shape index (κ3) is 4.28. The van der Waals surface area contributed by atoms with Crippen LogP contribution >= 0.6 is 0 Å². The molecule has 0 aliphatic carbocycles. The molecule has 1 saturated heterocycles. The summed E-state index contributed by atoms with van der Waals surface area (Å²) in [6.45, 7) is 9.82. The van der Waals surface area contributed by atoms with Gasteiger partial charge in [-0.05, 0) is 32.9 Å². The summed E-state index contributed by atoms with van der Waals surface area (Å²) >= 11 is 0. The van der Waals surface area contributed by atoms with E-state index in [1.807, 2.05) is 4.90 Å². The monoisotopic (exact) mass is 321 g/mol. The number of nitrogens with zero attached hydrogens (tertiary/aromatic N) is 2. The molecule has 1 fully saturated rings. The number of anilines is 1. The maximum atomic E-state index is 12.5. The van der Waals surface area contributed by atoms with E-state index in [1.165, 1.54) is 0 Å². The number of benzene rings is 1. The molecule has 1 aromatic carbocycles. The molecule has 128 valence electrons. The second-order valence-corrected chi connectivity index (χ2v) is 6.64. The van der Waals surface area contributed by atoms with Gasteiger partial charge in [-0.15, -0.1) is 0 Å². The molecule has 0 radical (unpaired) electrons. The largest absolute Gasteiger partial charge is 0.497 e. The molecule has 1 aromatic rings. The highest BCUT2D eigenvalue weighted by Gasteiger charge is 2.28. The Labute approximate surface area is 138 Å². The topological polar surface area (TPSA) is 54.0 Å². The lowest BCUT2D eigenvalue weighted by atomic mass is 10.1. The van der Waals surface area contributed by atoms with Gasteiger partial charge in [0.05, 0.1) is 19.9 Å². The van der Waals surface area contributed by atoms with E-state index in [0.29, 0.717) is 17.2 Å². The Morgan fingerprint density at radius 2 is 1.74 bits per heavy atom. The first-order valence-electron chi connectivity index (χ1n) is 7.88. The van der Waals surface area contributed by atoms with Crippen molar-refractivity contribution in [3.8, 4) is 11.5 Å².